The molecule has 34 heavy (non-hydrogen) atoms. The molecule has 0 aliphatic heterocycles. The van der Waals surface area contributed by atoms with Crippen molar-refractivity contribution < 1.29 is 28.5 Å². The quantitative estimate of drug-likeness (QED) is 0.0747. The van der Waals surface area contributed by atoms with Crippen LogP contribution in [0.4, 0.5) is 0 Å². The SMILES string of the molecule is C=C(C)C(=O)OCCCCCCCCOc1ccc(/C=C/C(=O)OCC2(I)C[C@@H]2C)cc1OC. The molecule has 6 nitrogen and oxygen atoms in total. The molecule has 0 aromatic heterocycles. The normalized spacial score (nSPS) is 19.0. The molecule has 1 fully saturated rings. The summed E-state index contributed by atoms with van der Waals surface area (Å²) in [6.45, 7) is 8.92. The molecule has 1 saturated carbocycles. The number of benzene rings is 1. The Morgan fingerprint density at radius 3 is 2.35 bits per heavy atom. The lowest BCUT2D eigenvalue weighted by atomic mass is 10.1. The van der Waals surface area contributed by atoms with Crippen LogP contribution in [0, 0.1) is 5.92 Å². The van der Waals surface area contributed by atoms with Gasteiger partial charge in [-0.1, -0.05) is 67.8 Å². The average molecular weight is 584 g/mol. The minimum Gasteiger partial charge on any atom is -0.493 e. The Bertz CT molecular complexity index is 865. The first kappa shape index (κ1) is 28.2. The van der Waals surface area contributed by atoms with Crippen LogP contribution in [0.3, 0.4) is 0 Å². The molecule has 0 amide bonds. The van der Waals surface area contributed by atoms with E-state index in [0.29, 0.717) is 42.8 Å². The van der Waals surface area contributed by atoms with Crippen molar-refractivity contribution in [3.63, 3.8) is 0 Å². The third-order valence-electron chi connectivity index (χ3n) is 5.80. The Labute approximate surface area is 217 Å². The fourth-order valence-electron chi connectivity index (χ4n) is 3.34. The lowest BCUT2D eigenvalue weighted by Gasteiger charge is -2.11. The second-order valence-corrected chi connectivity index (χ2v) is 11.0. The molecule has 1 aliphatic rings. The van der Waals surface area contributed by atoms with Crippen LogP contribution >= 0.6 is 22.6 Å². The number of carbonyl (C=O) groups excluding carboxylic acids is 2. The van der Waals surface area contributed by atoms with Crippen LogP contribution in [0.2, 0.25) is 0 Å². The summed E-state index contributed by atoms with van der Waals surface area (Å²) in [6.07, 6.45) is 10.4. The maximum atomic E-state index is 12.0. The number of hydrogen-bond donors (Lipinski definition) is 0. The Morgan fingerprint density at radius 2 is 1.74 bits per heavy atom. The highest BCUT2D eigenvalue weighted by molar-refractivity contribution is 14.1. The van der Waals surface area contributed by atoms with E-state index in [0.717, 1.165) is 50.5 Å². The van der Waals surface area contributed by atoms with Gasteiger partial charge in [-0.25, -0.2) is 9.59 Å². The highest BCUT2D eigenvalue weighted by atomic mass is 127. The van der Waals surface area contributed by atoms with E-state index in [9.17, 15) is 9.59 Å². The largest absolute Gasteiger partial charge is 0.493 e. The van der Waals surface area contributed by atoms with Gasteiger partial charge < -0.3 is 18.9 Å². The van der Waals surface area contributed by atoms with Crippen molar-refractivity contribution >= 4 is 40.6 Å². The molecule has 0 spiro atoms. The van der Waals surface area contributed by atoms with Gasteiger partial charge in [0.2, 0.25) is 0 Å². The van der Waals surface area contributed by atoms with Gasteiger partial charge in [0.1, 0.15) is 6.61 Å². The number of esters is 2. The second-order valence-electron chi connectivity index (χ2n) is 8.88. The topological polar surface area (TPSA) is 71.1 Å². The number of methoxy groups -OCH3 is 1. The predicted octanol–water partition coefficient (Wildman–Crippen LogP) is 6.30. The van der Waals surface area contributed by atoms with Gasteiger partial charge >= 0.3 is 11.9 Å². The lowest BCUT2D eigenvalue weighted by molar-refractivity contribution is -0.139. The lowest BCUT2D eigenvalue weighted by Crippen LogP contribution is -2.14. The average Bonchev–Trinajstić information content (AvgIpc) is 3.43. The molecule has 0 N–H and O–H groups in total. The molecule has 1 aliphatic carbocycles. The smallest absolute Gasteiger partial charge is 0.333 e. The number of rotatable bonds is 16. The van der Waals surface area contributed by atoms with Gasteiger partial charge in [-0.2, -0.15) is 0 Å². The highest BCUT2D eigenvalue weighted by Crippen LogP contribution is 2.51. The van der Waals surface area contributed by atoms with Crippen molar-refractivity contribution in [3.8, 4) is 11.5 Å². The van der Waals surface area contributed by atoms with Crippen LogP contribution in [0.1, 0.15) is 64.4 Å². The molecule has 0 heterocycles. The zero-order valence-electron chi connectivity index (χ0n) is 20.6. The number of ether oxygens (including phenoxy) is 4. The number of unbranched alkanes of at least 4 members (excludes halogenated alkanes) is 5. The van der Waals surface area contributed by atoms with Crippen LogP contribution in [0.15, 0.2) is 36.4 Å². The summed E-state index contributed by atoms with van der Waals surface area (Å²) in [5.41, 5.74) is 1.29. The third-order valence-corrected chi connectivity index (χ3v) is 7.62. The molecule has 1 aromatic rings. The zero-order chi connectivity index (χ0) is 25.0. The zero-order valence-corrected chi connectivity index (χ0v) is 22.7. The van der Waals surface area contributed by atoms with Gasteiger partial charge in [0, 0.05) is 11.6 Å². The first-order valence-electron chi connectivity index (χ1n) is 11.9. The van der Waals surface area contributed by atoms with Gasteiger partial charge in [-0.15, -0.1) is 0 Å². The summed E-state index contributed by atoms with van der Waals surface area (Å²) in [5.74, 6) is 1.29. The van der Waals surface area contributed by atoms with Crippen LogP contribution in [0.25, 0.3) is 6.08 Å². The van der Waals surface area contributed by atoms with Crippen molar-refractivity contribution in [3.05, 3.63) is 42.0 Å². The van der Waals surface area contributed by atoms with E-state index in [4.69, 9.17) is 18.9 Å². The van der Waals surface area contributed by atoms with Gasteiger partial charge in [-0.05, 0) is 55.9 Å². The van der Waals surface area contributed by atoms with E-state index in [-0.39, 0.29) is 15.4 Å². The molecular formula is C27H37IO6. The summed E-state index contributed by atoms with van der Waals surface area (Å²) in [6, 6.07) is 5.61. The summed E-state index contributed by atoms with van der Waals surface area (Å²) in [5, 5.41) is 0. The summed E-state index contributed by atoms with van der Waals surface area (Å²) >= 11 is 2.38. The highest BCUT2D eigenvalue weighted by Gasteiger charge is 2.49. The molecule has 188 valence electrons. The summed E-state index contributed by atoms with van der Waals surface area (Å²) in [7, 11) is 1.61. The monoisotopic (exact) mass is 584 g/mol. The van der Waals surface area contributed by atoms with Crippen LogP contribution in [0.5, 0.6) is 11.5 Å². The minimum absolute atomic E-state index is 0.116. The number of alkyl halides is 1. The van der Waals surface area contributed by atoms with Gasteiger partial charge in [0.15, 0.2) is 11.5 Å². The van der Waals surface area contributed by atoms with Crippen molar-refractivity contribution in [1.29, 1.82) is 0 Å². The van der Waals surface area contributed by atoms with Crippen molar-refractivity contribution in [1.82, 2.24) is 0 Å². The Morgan fingerprint density at radius 1 is 1.09 bits per heavy atom. The first-order chi connectivity index (χ1) is 16.2. The van der Waals surface area contributed by atoms with Gasteiger partial charge in [-0.3, -0.25) is 0 Å². The van der Waals surface area contributed by atoms with E-state index < -0.39 is 0 Å². The van der Waals surface area contributed by atoms with Crippen molar-refractivity contribution in [2.75, 3.05) is 26.9 Å². The number of hydrogen-bond acceptors (Lipinski definition) is 6. The van der Waals surface area contributed by atoms with Gasteiger partial charge in [0.25, 0.3) is 0 Å². The summed E-state index contributed by atoms with van der Waals surface area (Å²) < 4.78 is 21.9. The molecule has 1 aromatic carbocycles. The van der Waals surface area contributed by atoms with Crippen LogP contribution in [-0.4, -0.2) is 42.3 Å². The van der Waals surface area contributed by atoms with E-state index in [2.05, 4.69) is 36.1 Å². The molecule has 1 unspecified atom stereocenters. The van der Waals surface area contributed by atoms with Crippen molar-refractivity contribution in [2.45, 2.75) is 62.2 Å². The van der Waals surface area contributed by atoms with E-state index in [1.165, 1.54) is 6.08 Å². The summed E-state index contributed by atoms with van der Waals surface area (Å²) in [4.78, 5) is 23.3. The van der Waals surface area contributed by atoms with Crippen LogP contribution < -0.4 is 9.47 Å². The fourth-order valence-corrected chi connectivity index (χ4v) is 4.16. The standard InChI is InChI=1S/C27H37IO6/c1-20(2)26(30)33-16-10-8-6-5-7-9-15-32-23-13-11-22(17-24(23)31-4)12-14-25(29)34-19-27(28)18-21(27)3/h11-14,17,21H,1,5-10,15-16,18-19H2,2-4H3/b14-12+/t21-,27?/m0/s1. The molecule has 0 saturated heterocycles. The predicted molar refractivity (Wildman–Crippen MR) is 142 cm³/mol. The third kappa shape index (κ3) is 10.1. The molecule has 0 radical (unpaired) electrons. The van der Waals surface area contributed by atoms with E-state index >= 15 is 0 Å². The van der Waals surface area contributed by atoms with Gasteiger partial charge in [0.05, 0.1) is 23.7 Å². The Kier molecular flexibility index (Phi) is 11.9. The molecular weight excluding hydrogens is 547 g/mol. The Balaban J connectivity index is 1.61. The Hall–Kier alpha value is -2.03. The molecule has 2 rings (SSSR count). The first-order valence-corrected chi connectivity index (χ1v) is 13.0. The minimum atomic E-state index is -0.331. The number of carbonyl (C=O) groups is 2. The van der Waals surface area contributed by atoms with Crippen molar-refractivity contribution in [2.24, 2.45) is 5.92 Å². The van der Waals surface area contributed by atoms with Crippen LogP contribution in [-0.2, 0) is 19.1 Å². The fraction of sp³-hybridized carbons (Fsp3) is 0.556. The van der Waals surface area contributed by atoms with E-state index in [1.54, 1.807) is 20.1 Å². The van der Waals surface area contributed by atoms with E-state index in [1.807, 2.05) is 18.2 Å². The molecule has 0 bridgehead atoms. The number of halogens is 1. The molecule has 7 heteroatoms. The second kappa shape index (κ2) is 14.4. The maximum absolute atomic E-state index is 12.0. The maximum Gasteiger partial charge on any atom is 0.333 e. The molecule has 2 atom stereocenters.